The fourth-order valence-corrected chi connectivity index (χ4v) is 2.75. The second kappa shape index (κ2) is 6.36. The zero-order valence-corrected chi connectivity index (χ0v) is 11.3. The standard InChI is InChI=1S/C16H19N3/c1-12(14-8-6-13(10-17)7-9-14)19-16-5-3-2-4-15(16)11-18/h6-9,12,15-16,19H,2-5H2,1H3. The van der Waals surface area contributed by atoms with E-state index in [1.807, 2.05) is 24.3 Å². The maximum Gasteiger partial charge on any atom is 0.0991 e. The van der Waals surface area contributed by atoms with Gasteiger partial charge in [0.1, 0.15) is 0 Å². The third kappa shape index (κ3) is 3.34. The lowest BCUT2D eigenvalue weighted by molar-refractivity contribution is 0.292. The van der Waals surface area contributed by atoms with E-state index in [0.717, 1.165) is 12.8 Å². The third-order valence-electron chi connectivity index (χ3n) is 3.94. The largest absolute Gasteiger partial charge is 0.306 e. The molecule has 0 spiro atoms. The maximum absolute atomic E-state index is 9.19. The van der Waals surface area contributed by atoms with Crippen molar-refractivity contribution >= 4 is 0 Å². The van der Waals surface area contributed by atoms with Crippen LogP contribution in [0.1, 0.15) is 49.8 Å². The molecule has 3 heteroatoms. The Balaban J connectivity index is 2.01. The number of nitrogens with one attached hydrogen (secondary N) is 1. The molecule has 1 aliphatic carbocycles. The van der Waals surface area contributed by atoms with E-state index in [-0.39, 0.29) is 12.0 Å². The van der Waals surface area contributed by atoms with Crippen molar-refractivity contribution in [1.29, 1.82) is 10.5 Å². The second-order valence-corrected chi connectivity index (χ2v) is 5.25. The van der Waals surface area contributed by atoms with Gasteiger partial charge >= 0.3 is 0 Å². The fraction of sp³-hybridized carbons (Fsp3) is 0.500. The zero-order chi connectivity index (χ0) is 13.7. The van der Waals surface area contributed by atoms with Crippen molar-refractivity contribution in [3.05, 3.63) is 35.4 Å². The molecule has 2 rings (SSSR count). The van der Waals surface area contributed by atoms with E-state index in [9.17, 15) is 5.26 Å². The fourth-order valence-electron chi connectivity index (χ4n) is 2.75. The van der Waals surface area contributed by atoms with Crippen molar-refractivity contribution in [2.24, 2.45) is 5.92 Å². The van der Waals surface area contributed by atoms with E-state index in [4.69, 9.17) is 5.26 Å². The second-order valence-electron chi connectivity index (χ2n) is 5.25. The van der Waals surface area contributed by atoms with Crippen LogP contribution in [0.2, 0.25) is 0 Å². The van der Waals surface area contributed by atoms with Crippen LogP contribution in [0.5, 0.6) is 0 Å². The molecular formula is C16H19N3. The molecule has 1 aromatic carbocycles. The minimum atomic E-state index is 0.134. The van der Waals surface area contributed by atoms with Gasteiger partial charge in [0.25, 0.3) is 0 Å². The van der Waals surface area contributed by atoms with Gasteiger partial charge in [-0.25, -0.2) is 0 Å². The van der Waals surface area contributed by atoms with E-state index in [2.05, 4.69) is 24.4 Å². The highest BCUT2D eigenvalue weighted by Gasteiger charge is 2.26. The highest BCUT2D eigenvalue weighted by Crippen LogP contribution is 2.26. The summed E-state index contributed by atoms with van der Waals surface area (Å²) in [5.41, 5.74) is 1.85. The molecule has 1 fully saturated rings. The Hall–Kier alpha value is -1.84. The highest BCUT2D eigenvalue weighted by atomic mass is 15.0. The molecule has 1 saturated carbocycles. The summed E-state index contributed by atoms with van der Waals surface area (Å²) in [5.74, 6) is 0.134. The lowest BCUT2D eigenvalue weighted by Gasteiger charge is -2.30. The van der Waals surface area contributed by atoms with Crippen LogP contribution < -0.4 is 5.32 Å². The molecule has 0 aliphatic heterocycles. The summed E-state index contributed by atoms with van der Waals surface area (Å²) < 4.78 is 0. The van der Waals surface area contributed by atoms with E-state index < -0.39 is 0 Å². The molecule has 0 aromatic heterocycles. The van der Waals surface area contributed by atoms with Crippen molar-refractivity contribution in [2.45, 2.75) is 44.7 Å². The number of hydrogen-bond acceptors (Lipinski definition) is 3. The minimum Gasteiger partial charge on any atom is -0.306 e. The van der Waals surface area contributed by atoms with Gasteiger partial charge in [0.05, 0.1) is 23.6 Å². The molecule has 1 aliphatic rings. The average Bonchev–Trinajstić information content (AvgIpc) is 2.48. The summed E-state index contributed by atoms with van der Waals surface area (Å²) in [6.07, 6.45) is 4.46. The molecule has 0 bridgehead atoms. The molecule has 19 heavy (non-hydrogen) atoms. The van der Waals surface area contributed by atoms with Gasteiger partial charge in [0, 0.05) is 12.1 Å². The van der Waals surface area contributed by atoms with Crippen LogP contribution in [0.25, 0.3) is 0 Å². The molecule has 0 amide bonds. The molecular weight excluding hydrogens is 234 g/mol. The topological polar surface area (TPSA) is 59.6 Å². The van der Waals surface area contributed by atoms with Gasteiger partial charge in [-0.3, -0.25) is 0 Å². The summed E-state index contributed by atoms with van der Waals surface area (Å²) in [7, 11) is 0. The first kappa shape index (κ1) is 13.6. The molecule has 0 heterocycles. The molecule has 3 unspecified atom stereocenters. The van der Waals surface area contributed by atoms with Gasteiger partial charge in [-0.2, -0.15) is 10.5 Å². The first-order valence-corrected chi connectivity index (χ1v) is 6.90. The predicted octanol–water partition coefficient (Wildman–Crippen LogP) is 3.29. The third-order valence-corrected chi connectivity index (χ3v) is 3.94. The van der Waals surface area contributed by atoms with Crippen molar-refractivity contribution in [3.63, 3.8) is 0 Å². The Labute approximate surface area is 114 Å². The molecule has 3 nitrogen and oxygen atoms in total. The van der Waals surface area contributed by atoms with Crippen LogP contribution in [0, 0.1) is 28.6 Å². The van der Waals surface area contributed by atoms with E-state index in [1.54, 1.807) is 0 Å². The van der Waals surface area contributed by atoms with Crippen LogP contribution >= 0.6 is 0 Å². The Kier molecular flexibility index (Phi) is 4.55. The van der Waals surface area contributed by atoms with Crippen molar-refractivity contribution in [2.75, 3.05) is 0 Å². The SMILES string of the molecule is CC(NC1CCCCC1C#N)c1ccc(C#N)cc1. The van der Waals surface area contributed by atoms with Crippen molar-refractivity contribution < 1.29 is 0 Å². The highest BCUT2D eigenvalue weighted by molar-refractivity contribution is 5.32. The lowest BCUT2D eigenvalue weighted by atomic mass is 9.85. The zero-order valence-electron chi connectivity index (χ0n) is 11.3. The van der Waals surface area contributed by atoms with E-state index >= 15 is 0 Å². The smallest absolute Gasteiger partial charge is 0.0991 e. The van der Waals surface area contributed by atoms with Crippen molar-refractivity contribution in [1.82, 2.24) is 5.32 Å². The van der Waals surface area contributed by atoms with Crippen LogP contribution in [-0.2, 0) is 0 Å². The normalized spacial score (nSPS) is 24.2. The summed E-state index contributed by atoms with van der Waals surface area (Å²) in [6, 6.07) is 12.7. The van der Waals surface area contributed by atoms with Gasteiger partial charge in [-0.15, -0.1) is 0 Å². The van der Waals surface area contributed by atoms with Crippen LogP contribution in [0.4, 0.5) is 0 Å². The number of nitriles is 2. The molecule has 98 valence electrons. The number of nitrogens with zero attached hydrogens (tertiary/aromatic N) is 2. The number of rotatable bonds is 3. The molecule has 0 saturated heterocycles. The summed E-state index contributed by atoms with van der Waals surface area (Å²) >= 11 is 0. The lowest BCUT2D eigenvalue weighted by Crippen LogP contribution is -2.39. The number of hydrogen-bond donors (Lipinski definition) is 1. The van der Waals surface area contributed by atoms with Gasteiger partial charge in [-0.05, 0) is 37.5 Å². The van der Waals surface area contributed by atoms with E-state index in [1.165, 1.54) is 18.4 Å². The maximum atomic E-state index is 9.19. The monoisotopic (exact) mass is 253 g/mol. The first-order valence-electron chi connectivity index (χ1n) is 6.90. The summed E-state index contributed by atoms with van der Waals surface area (Å²) in [4.78, 5) is 0. The Morgan fingerprint density at radius 1 is 1.16 bits per heavy atom. The van der Waals surface area contributed by atoms with Gasteiger partial charge in [-0.1, -0.05) is 25.0 Å². The number of benzene rings is 1. The molecule has 1 aromatic rings. The molecule has 1 N–H and O–H groups in total. The Morgan fingerprint density at radius 3 is 2.47 bits per heavy atom. The molecule has 3 atom stereocenters. The van der Waals surface area contributed by atoms with E-state index in [0.29, 0.717) is 11.6 Å². The predicted molar refractivity (Wildman–Crippen MR) is 74.1 cm³/mol. The quantitative estimate of drug-likeness (QED) is 0.899. The Morgan fingerprint density at radius 2 is 1.84 bits per heavy atom. The van der Waals surface area contributed by atoms with Crippen LogP contribution in [-0.4, -0.2) is 6.04 Å². The first-order chi connectivity index (χ1) is 9.24. The van der Waals surface area contributed by atoms with Crippen molar-refractivity contribution in [3.8, 4) is 12.1 Å². The van der Waals surface area contributed by atoms with Gasteiger partial charge in [0.2, 0.25) is 0 Å². The average molecular weight is 253 g/mol. The minimum absolute atomic E-state index is 0.134. The Bertz CT molecular complexity index is 492. The van der Waals surface area contributed by atoms with Gasteiger partial charge in [0.15, 0.2) is 0 Å². The summed E-state index contributed by atoms with van der Waals surface area (Å²) in [5, 5.41) is 21.5. The van der Waals surface area contributed by atoms with Crippen LogP contribution in [0.3, 0.4) is 0 Å². The summed E-state index contributed by atoms with van der Waals surface area (Å²) in [6.45, 7) is 2.12. The molecule has 0 radical (unpaired) electrons. The van der Waals surface area contributed by atoms with Gasteiger partial charge < -0.3 is 5.32 Å². The van der Waals surface area contributed by atoms with Crippen LogP contribution in [0.15, 0.2) is 24.3 Å².